The van der Waals surface area contributed by atoms with E-state index in [2.05, 4.69) is 33.5 Å². The Balaban J connectivity index is 4.01. The fourth-order valence-corrected chi connectivity index (χ4v) is 9.96. The minimum absolute atomic E-state index is 0.828. The molecule has 0 rings (SSSR count). The van der Waals surface area contributed by atoms with E-state index in [0.29, 0.717) is 0 Å². The molecule has 0 bridgehead atoms. The minimum atomic E-state index is -1.31. The van der Waals surface area contributed by atoms with Crippen molar-refractivity contribution in [1.82, 2.24) is 0 Å². The molecule has 3 heteroatoms. The van der Waals surface area contributed by atoms with E-state index >= 15 is 0 Å². The average Bonchev–Trinajstić information content (AvgIpc) is 2.14. The van der Waals surface area contributed by atoms with E-state index in [0.717, 1.165) is 0 Å². The van der Waals surface area contributed by atoms with E-state index < -0.39 is 17.4 Å². The van der Waals surface area contributed by atoms with Crippen molar-refractivity contribution in [2.24, 2.45) is 0 Å². The van der Waals surface area contributed by atoms with Crippen molar-refractivity contribution in [3.8, 4) is 0 Å². The van der Waals surface area contributed by atoms with Gasteiger partial charge >= 0.3 is 0 Å². The van der Waals surface area contributed by atoms with Crippen LogP contribution in [0.15, 0.2) is 0 Å². The van der Waals surface area contributed by atoms with Gasteiger partial charge in [0.2, 0.25) is 0 Å². The summed E-state index contributed by atoms with van der Waals surface area (Å²) >= 11 is 0. The van der Waals surface area contributed by atoms with Crippen molar-refractivity contribution in [3.63, 3.8) is 0 Å². The SMILES string of the molecule is CCCCC[Si](C)(CCCC)O[SiH](C)C. The monoisotopic (exact) mass is 246 g/mol. The second-order valence-corrected chi connectivity index (χ2v) is 12.1. The molecular weight excluding hydrogens is 216 g/mol. The number of hydrogen-bond donors (Lipinski definition) is 0. The molecule has 0 aromatic rings. The van der Waals surface area contributed by atoms with Gasteiger partial charge in [0, 0.05) is 0 Å². The second-order valence-electron chi connectivity index (χ2n) is 5.18. The van der Waals surface area contributed by atoms with Gasteiger partial charge in [-0.2, -0.15) is 0 Å². The first-order valence-electron chi connectivity index (χ1n) is 6.72. The first kappa shape index (κ1) is 15.4. The molecule has 1 nitrogen and oxygen atoms in total. The van der Waals surface area contributed by atoms with Crippen LogP contribution in [0.3, 0.4) is 0 Å². The molecule has 0 radical (unpaired) electrons. The van der Waals surface area contributed by atoms with Gasteiger partial charge in [0.25, 0.3) is 0 Å². The third kappa shape index (κ3) is 8.23. The summed E-state index contributed by atoms with van der Waals surface area (Å²) in [7, 11) is -2.14. The maximum Gasteiger partial charge on any atom is 0.176 e. The van der Waals surface area contributed by atoms with Crippen molar-refractivity contribution in [2.75, 3.05) is 0 Å². The zero-order valence-electron chi connectivity index (χ0n) is 11.4. The van der Waals surface area contributed by atoms with Crippen LogP contribution >= 0.6 is 0 Å². The lowest BCUT2D eigenvalue weighted by atomic mass is 10.3. The average molecular weight is 247 g/mol. The predicted octanol–water partition coefficient (Wildman–Crippen LogP) is 4.55. The Bertz CT molecular complexity index is 151. The van der Waals surface area contributed by atoms with Crippen LogP contribution in [0.2, 0.25) is 31.7 Å². The van der Waals surface area contributed by atoms with Crippen molar-refractivity contribution < 1.29 is 4.12 Å². The summed E-state index contributed by atoms with van der Waals surface area (Å²) in [6.45, 7) is 11.7. The standard InChI is InChI=1S/C12H30OSi2/c1-6-8-10-12-15(5,11-9-7-2)13-14(3)4/h14H,6-12H2,1-5H3. The highest BCUT2D eigenvalue weighted by Gasteiger charge is 2.28. The molecule has 0 fully saturated rings. The van der Waals surface area contributed by atoms with Crippen LogP contribution in [0.4, 0.5) is 0 Å². The molecule has 1 unspecified atom stereocenters. The largest absolute Gasteiger partial charge is 0.458 e. The highest BCUT2D eigenvalue weighted by molar-refractivity contribution is 6.78. The fourth-order valence-electron chi connectivity index (χ4n) is 2.11. The Morgan fingerprint density at radius 3 is 1.93 bits per heavy atom. The first-order chi connectivity index (χ1) is 7.04. The van der Waals surface area contributed by atoms with Crippen LogP contribution < -0.4 is 0 Å². The molecule has 0 aliphatic heterocycles. The Morgan fingerprint density at radius 1 is 0.933 bits per heavy atom. The van der Waals surface area contributed by atoms with Crippen LogP contribution in [0, 0.1) is 0 Å². The van der Waals surface area contributed by atoms with Crippen molar-refractivity contribution in [2.45, 2.75) is 77.7 Å². The van der Waals surface area contributed by atoms with E-state index in [1.807, 2.05) is 0 Å². The lowest BCUT2D eigenvalue weighted by Gasteiger charge is -2.30. The van der Waals surface area contributed by atoms with E-state index in [4.69, 9.17) is 4.12 Å². The number of hydrogen-bond acceptors (Lipinski definition) is 1. The quantitative estimate of drug-likeness (QED) is 0.428. The van der Waals surface area contributed by atoms with E-state index in [-0.39, 0.29) is 0 Å². The first-order valence-corrected chi connectivity index (χ1v) is 12.3. The van der Waals surface area contributed by atoms with Gasteiger partial charge in [0.05, 0.1) is 0 Å². The van der Waals surface area contributed by atoms with Crippen molar-refractivity contribution in [3.05, 3.63) is 0 Å². The summed E-state index contributed by atoms with van der Waals surface area (Å²) in [6.07, 6.45) is 6.80. The molecule has 0 N–H and O–H groups in total. The van der Waals surface area contributed by atoms with Crippen LogP contribution in [-0.4, -0.2) is 17.4 Å². The minimum Gasteiger partial charge on any atom is -0.458 e. The molecule has 0 aromatic heterocycles. The van der Waals surface area contributed by atoms with Crippen LogP contribution in [0.5, 0.6) is 0 Å². The van der Waals surface area contributed by atoms with Gasteiger partial charge in [-0.25, -0.2) is 0 Å². The van der Waals surface area contributed by atoms with E-state index in [1.54, 1.807) is 0 Å². The molecule has 1 atom stereocenters. The third-order valence-corrected chi connectivity index (χ3v) is 9.87. The lowest BCUT2D eigenvalue weighted by molar-refractivity contribution is 0.544. The molecule has 15 heavy (non-hydrogen) atoms. The van der Waals surface area contributed by atoms with E-state index in [1.165, 1.54) is 44.2 Å². The Labute approximate surface area is 99.5 Å². The van der Waals surface area contributed by atoms with Gasteiger partial charge in [-0.05, 0) is 31.7 Å². The van der Waals surface area contributed by atoms with Gasteiger partial charge in [-0.1, -0.05) is 46.0 Å². The smallest absolute Gasteiger partial charge is 0.176 e. The molecule has 0 aromatic carbocycles. The van der Waals surface area contributed by atoms with Gasteiger partial charge in [0.15, 0.2) is 17.4 Å². The molecule has 0 saturated carbocycles. The highest BCUT2D eigenvalue weighted by Crippen LogP contribution is 2.24. The molecule has 0 amide bonds. The summed E-state index contributed by atoms with van der Waals surface area (Å²) < 4.78 is 6.36. The molecule has 0 heterocycles. The maximum atomic E-state index is 6.36. The molecule has 0 aliphatic rings. The maximum absolute atomic E-state index is 6.36. The zero-order valence-corrected chi connectivity index (χ0v) is 13.6. The fraction of sp³-hybridized carbons (Fsp3) is 1.00. The van der Waals surface area contributed by atoms with Gasteiger partial charge in [0.1, 0.15) is 0 Å². The summed E-state index contributed by atoms with van der Waals surface area (Å²) in [5.41, 5.74) is 0. The van der Waals surface area contributed by atoms with Crippen molar-refractivity contribution >= 4 is 17.4 Å². The van der Waals surface area contributed by atoms with Crippen LogP contribution in [0.1, 0.15) is 46.0 Å². The van der Waals surface area contributed by atoms with Gasteiger partial charge < -0.3 is 4.12 Å². The van der Waals surface area contributed by atoms with Crippen molar-refractivity contribution in [1.29, 1.82) is 0 Å². The lowest BCUT2D eigenvalue weighted by Crippen LogP contribution is -2.38. The summed E-state index contributed by atoms with van der Waals surface area (Å²) in [5.74, 6) is 0. The van der Waals surface area contributed by atoms with Crippen LogP contribution in [-0.2, 0) is 4.12 Å². The predicted molar refractivity (Wildman–Crippen MR) is 75.6 cm³/mol. The zero-order chi connectivity index (χ0) is 11.7. The van der Waals surface area contributed by atoms with Gasteiger partial charge in [-0.3, -0.25) is 0 Å². The molecule has 92 valence electrons. The van der Waals surface area contributed by atoms with E-state index in [9.17, 15) is 0 Å². The van der Waals surface area contributed by atoms with Crippen LogP contribution in [0.25, 0.3) is 0 Å². The topological polar surface area (TPSA) is 9.23 Å². The molecular formula is C12H30OSi2. The molecule has 0 aliphatic carbocycles. The summed E-state index contributed by atoms with van der Waals surface area (Å²) in [4.78, 5) is 0. The Morgan fingerprint density at radius 2 is 1.47 bits per heavy atom. The number of rotatable bonds is 9. The summed E-state index contributed by atoms with van der Waals surface area (Å²) in [6, 6.07) is 2.78. The Hall–Kier alpha value is 0.394. The Kier molecular flexibility index (Phi) is 8.76. The normalized spacial score (nSPS) is 15.6. The second kappa shape index (κ2) is 8.53. The molecule has 0 saturated heterocycles. The third-order valence-electron chi connectivity index (χ3n) is 2.89. The van der Waals surface area contributed by atoms with Gasteiger partial charge in [-0.15, -0.1) is 0 Å². The highest BCUT2D eigenvalue weighted by atomic mass is 28.4. The molecule has 0 spiro atoms. The number of unbranched alkanes of at least 4 members (excludes halogenated alkanes) is 3. The summed E-state index contributed by atoms with van der Waals surface area (Å²) in [5, 5.41) is 0.